The molecule has 0 saturated heterocycles. The zero-order valence-corrected chi connectivity index (χ0v) is 8.91. The third-order valence-electron chi connectivity index (χ3n) is 1.75. The summed E-state index contributed by atoms with van der Waals surface area (Å²) in [6.07, 6.45) is 1.56. The van der Waals surface area contributed by atoms with Gasteiger partial charge in [0.1, 0.15) is 5.69 Å². The summed E-state index contributed by atoms with van der Waals surface area (Å²) in [4.78, 5) is 15.1. The van der Waals surface area contributed by atoms with Gasteiger partial charge in [-0.05, 0) is 19.1 Å². The first-order valence-electron chi connectivity index (χ1n) is 4.56. The number of pyridine rings is 1. The Morgan fingerprint density at radius 1 is 1.67 bits per heavy atom. The Labute approximate surface area is 89.0 Å². The van der Waals surface area contributed by atoms with Gasteiger partial charge in [-0.1, -0.05) is 12.2 Å². The molecule has 0 atom stereocenters. The molecule has 0 aliphatic carbocycles. The molecule has 0 amide bonds. The van der Waals surface area contributed by atoms with Gasteiger partial charge in [0.2, 0.25) is 0 Å². The molecule has 1 heterocycles. The summed E-state index contributed by atoms with van der Waals surface area (Å²) in [6.45, 7) is 6.37. The molecule has 0 radical (unpaired) electrons. The lowest BCUT2D eigenvalue weighted by Crippen LogP contribution is -2.07. The molecule has 80 valence electrons. The number of methoxy groups -OCH3 is 1. The Balaban J connectivity index is 2.74. The van der Waals surface area contributed by atoms with Crippen LogP contribution < -0.4 is 5.32 Å². The number of hydrogen-bond donors (Lipinski definition) is 1. The van der Waals surface area contributed by atoms with Crippen molar-refractivity contribution in [2.75, 3.05) is 19.0 Å². The number of rotatable bonds is 4. The van der Waals surface area contributed by atoms with Crippen LogP contribution in [0.5, 0.6) is 0 Å². The minimum absolute atomic E-state index is 0.296. The van der Waals surface area contributed by atoms with Gasteiger partial charge < -0.3 is 10.1 Å². The van der Waals surface area contributed by atoms with Crippen LogP contribution in [0.15, 0.2) is 30.5 Å². The van der Waals surface area contributed by atoms with Gasteiger partial charge in [0.05, 0.1) is 7.11 Å². The van der Waals surface area contributed by atoms with E-state index in [9.17, 15) is 4.79 Å². The highest BCUT2D eigenvalue weighted by molar-refractivity contribution is 5.88. The van der Waals surface area contributed by atoms with Gasteiger partial charge in [0.15, 0.2) is 0 Å². The maximum atomic E-state index is 11.2. The Kier molecular flexibility index (Phi) is 3.85. The molecule has 0 aliphatic rings. The number of ether oxygens (including phenoxy) is 1. The van der Waals surface area contributed by atoms with Crippen LogP contribution in [-0.2, 0) is 4.74 Å². The van der Waals surface area contributed by atoms with Crippen LogP contribution in [0.25, 0.3) is 0 Å². The zero-order chi connectivity index (χ0) is 11.3. The predicted octanol–water partition coefficient (Wildman–Crippen LogP) is 1.86. The van der Waals surface area contributed by atoms with Crippen LogP contribution in [0.3, 0.4) is 0 Å². The van der Waals surface area contributed by atoms with Gasteiger partial charge in [-0.15, -0.1) is 0 Å². The van der Waals surface area contributed by atoms with Crippen LogP contribution in [-0.4, -0.2) is 24.6 Å². The topological polar surface area (TPSA) is 51.2 Å². The minimum Gasteiger partial charge on any atom is -0.464 e. The first kappa shape index (κ1) is 11.2. The van der Waals surface area contributed by atoms with E-state index in [0.29, 0.717) is 12.2 Å². The molecule has 0 saturated carbocycles. The Morgan fingerprint density at radius 3 is 3.00 bits per heavy atom. The van der Waals surface area contributed by atoms with Crippen LogP contribution in [0.4, 0.5) is 5.69 Å². The maximum Gasteiger partial charge on any atom is 0.356 e. The third kappa shape index (κ3) is 3.42. The number of nitrogens with one attached hydrogen (secondary N) is 1. The van der Waals surface area contributed by atoms with Gasteiger partial charge in [-0.2, -0.15) is 0 Å². The molecule has 0 aliphatic heterocycles. The number of hydrogen-bond acceptors (Lipinski definition) is 4. The monoisotopic (exact) mass is 206 g/mol. The lowest BCUT2D eigenvalue weighted by atomic mass is 10.3. The Bertz CT molecular complexity index is 375. The van der Waals surface area contributed by atoms with Crippen LogP contribution >= 0.6 is 0 Å². The molecular formula is C11H14N2O2. The van der Waals surface area contributed by atoms with Gasteiger partial charge >= 0.3 is 5.97 Å². The summed E-state index contributed by atoms with van der Waals surface area (Å²) in [5, 5.41) is 3.12. The van der Waals surface area contributed by atoms with Gasteiger partial charge in [-0.25, -0.2) is 9.78 Å². The number of anilines is 1. The largest absolute Gasteiger partial charge is 0.464 e. The van der Waals surface area contributed by atoms with E-state index in [4.69, 9.17) is 0 Å². The maximum absolute atomic E-state index is 11.2. The molecule has 1 rings (SSSR count). The zero-order valence-electron chi connectivity index (χ0n) is 8.91. The quantitative estimate of drug-likeness (QED) is 0.603. The summed E-state index contributed by atoms with van der Waals surface area (Å²) in [5.41, 5.74) is 2.14. The lowest BCUT2D eigenvalue weighted by molar-refractivity contribution is 0.0594. The van der Waals surface area contributed by atoms with Crippen molar-refractivity contribution < 1.29 is 9.53 Å². The van der Waals surface area contributed by atoms with Gasteiger partial charge in [0, 0.05) is 18.4 Å². The van der Waals surface area contributed by atoms with Crippen LogP contribution in [0.1, 0.15) is 17.4 Å². The number of carbonyl (C=O) groups excluding carboxylic acids is 1. The highest BCUT2D eigenvalue weighted by Gasteiger charge is 2.06. The Hall–Kier alpha value is -1.84. The SMILES string of the molecule is C=C(C)CNc1ccnc(C(=O)OC)c1. The number of esters is 1. The molecule has 0 fully saturated rings. The van der Waals surface area contributed by atoms with Crippen molar-refractivity contribution in [1.29, 1.82) is 0 Å². The van der Waals surface area contributed by atoms with E-state index in [2.05, 4.69) is 21.6 Å². The molecule has 0 aromatic carbocycles. The highest BCUT2D eigenvalue weighted by atomic mass is 16.5. The normalized spacial score (nSPS) is 9.47. The fourth-order valence-electron chi connectivity index (χ4n) is 1.01. The van der Waals surface area contributed by atoms with Crippen molar-refractivity contribution in [2.45, 2.75) is 6.92 Å². The molecule has 1 aromatic heterocycles. The molecule has 0 bridgehead atoms. The number of carbonyl (C=O) groups is 1. The summed E-state index contributed by atoms with van der Waals surface area (Å²) >= 11 is 0. The van der Waals surface area contributed by atoms with E-state index in [1.807, 2.05) is 6.92 Å². The van der Waals surface area contributed by atoms with E-state index >= 15 is 0 Å². The average molecular weight is 206 g/mol. The molecular weight excluding hydrogens is 192 g/mol. The van der Waals surface area contributed by atoms with Crippen LogP contribution in [0, 0.1) is 0 Å². The molecule has 4 nitrogen and oxygen atoms in total. The second-order valence-corrected chi connectivity index (χ2v) is 3.23. The molecule has 1 N–H and O–H groups in total. The molecule has 0 unspecified atom stereocenters. The average Bonchev–Trinajstić information content (AvgIpc) is 2.25. The van der Waals surface area contributed by atoms with E-state index in [0.717, 1.165) is 11.3 Å². The van der Waals surface area contributed by atoms with Crippen molar-refractivity contribution in [3.63, 3.8) is 0 Å². The van der Waals surface area contributed by atoms with Crippen molar-refractivity contribution >= 4 is 11.7 Å². The van der Waals surface area contributed by atoms with E-state index in [1.54, 1.807) is 18.3 Å². The van der Waals surface area contributed by atoms with Gasteiger partial charge in [-0.3, -0.25) is 0 Å². The highest BCUT2D eigenvalue weighted by Crippen LogP contribution is 2.09. The fraction of sp³-hybridized carbons (Fsp3) is 0.273. The molecule has 4 heteroatoms. The van der Waals surface area contributed by atoms with Crippen molar-refractivity contribution in [3.8, 4) is 0 Å². The van der Waals surface area contributed by atoms with Crippen molar-refractivity contribution in [2.24, 2.45) is 0 Å². The molecule has 1 aromatic rings. The summed E-state index contributed by atoms with van der Waals surface area (Å²) in [7, 11) is 1.33. The Morgan fingerprint density at radius 2 is 2.40 bits per heavy atom. The van der Waals surface area contributed by atoms with Crippen molar-refractivity contribution in [1.82, 2.24) is 4.98 Å². The van der Waals surface area contributed by atoms with Crippen LogP contribution in [0.2, 0.25) is 0 Å². The third-order valence-corrected chi connectivity index (χ3v) is 1.75. The molecule has 15 heavy (non-hydrogen) atoms. The summed E-state index contributed by atoms with van der Waals surface area (Å²) in [5.74, 6) is -0.436. The van der Waals surface area contributed by atoms with E-state index < -0.39 is 5.97 Å². The second-order valence-electron chi connectivity index (χ2n) is 3.23. The lowest BCUT2D eigenvalue weighted by Gasteiger charge is -2.06. The fourth-order valence-corrected chi connectivity index (χ4v) is 1.01. The first-order chi connectivity index (χ1) is 7.13. The standard InChI is InChI=1S/C11H14N2O2/c1-8(2)7-13-9-4-5-12-10(6-9)11(14)15-3/h4-6H,1,7H2,2-3H3,(H,12,13). The second kappa shape index (κ2) is 5.14. The minimum atomic E-state index is -0.436. The first-order valence-corrected chi connectivity index (χ1v) is 4.56. The van der Waals surface area contributed by atoms with Crippen molar-refractivity contribution in [3.05, 3.63) is 36.2 Å². The predicted molar refractivity (Wildman–Crippen MR) is 58.9 cm³/mol. The van der Waals surface area contributed by atoms with E-state index in [1.165, 1.54) is 7.11 Å². The molecule has 0 spiro atoms. The van der Waals surface area contributed by atoms with E-state index in [-0.39, 0.29) is 0 Å². The van der Waals surface area contributed by atoms with Gasteiger partial charge in [0.25, 0.3) is 0 Å². The number of aromatic nitrogens is 1. The summed E-state index contributed by atoms with van der Waals surface area (Å²) in [6, 6.07) is 3.43. The smallest absolute Gasteiger partial charge is 0.356 e. The summed E-state index contributed by atoms with van der Waals surface area (Å²) < 4.78 is 4.57. The number of nitrogens with zero attached hydrogens (tertiary/aromatic N) is 1.